The quantitative estimate of drug-likeness (QED) is 0.599. The molecule has 0 saturated heterocycles. The predicted molar refractivity (Wildman–Crippen MR) is 70.4 cm³/mol. The molecule has 0 saturated carbocycles. The van der Waals surface area contributed by atoms with E-state index in [1.165, 1.54) is 11.8 Å². The van der Waals surface area contributed by atoms with E-state index < -0.39 is 0 Å². The number of amidine groups is 1. The topological polar surface area (TPSA) is 91.4 Å². The number of halogens is 1. The van der Waals surface area contributed by atoms with Gasteiger partial charge in [0.25, 0.3) is 0 Å². The fraction of sp³-hybridized carbons (Fsp3) is 0.100. The molecule has 0 spiro atoms. The Balaban J connectivity index is 2.25. The van der Waals surface area contributed by atoms with Crippen molar-refractivity contribution < 1.29 is 0 Å². The molecule has 1 heterocycles. The number of nitrogens with zero attached hydrogens (tertiary/aromatic N) is 2. The Morgan fingerprint density at radius 1 is 1.53 bits per heavy atom. The van der Waals surface area contributed by atoms with Gasteiger partial charge in [-0.3, -0.25) is 10.5 Å². The summed E-state index contributed by atoms with van der Waals surface area (Å²) in [4.78, 5) is 5.19. The van der Waals surface area contributed by atoms with Crippen LogP contribution in [-0.2, 0) is 0 Å². The van der Waals surface area contributed by atoms with Crippen LogP contribution in [0.1, 0.15) is 11.4 Å². The number of nitrogens with two attached hydrogens (primary N) is 1. The third-order valence-electron chi connectivity index (χ3n) is 2.02. The molecule has 88 valence electrons. The number of aromatic nitrogens is 3. The molecule has 1 aromatic carbocycles. The molecule has 0 radical (unpaired) electrons. The Morgan fingerprint density at radius 3 is 2.82 bits per heavy atom. The summed E-state index contributed by atoms with van der Waals surface area (Å²) in [5.41, 5.74) is 6.10. The van der Waals surface area contributed by atoms with Gasteiger partial charge in [0.1, 0.15) is 11.7 Å². The van der Waals surface area contributed by atoms with Gasteiger partial charge in [0.05, 0.1) is 0 Å². The van der Waals surface area contributed by atoms with Crippen molar-refractivity contribution >= 4 is 33.5 Å². The summed E-state index contributed by atoms with van der Waals surface area (Å²) in [6, 6.07) is 5.50. The number of benzene rings is 1. The molecule has 4 N–H and O–H groups in total. The van der Waals surface area contributed by atoms with Crippen molar-refractivity contribution in [2.45, 2.75) is 17.0 Å². The van der Waals surface area contributed by atoms with Gasteiger partial charge in [-0.1, -0.05) is 6.07 Å². The van der Waals surface area contributed by atoms with Crippen LogP contribution in [0.5, 0.6) is 0 Å². The van der Waals surface area contributed by atoms with Crippen molar-refractivity contribution in [1.29, 1.82) is 5.41 Å². The van der Waals surface area contributed by atoms with Crippen LogP contribution < -0.4 is 5.73 Å². The Kier molecular flexibility index (Phi) is 3.49. The maximum Gasteiger partial charge on any atom is 0.213 e. The lowest BCUT2D eigenvalue weighted by Crippen LogP contribution is -2.10. The van der Waals surface area contributed by atoms with Crippen molar-refractivity contribution in [3.63, 3.8) is 0 Å². The van der Waals surface area contributed by atoms with Gasteiger partial charge in [0, 0.05) is 14.9 Å². The largest absolute Gasteiger partial charge is 0.384 e. The molecule has 7 heteroatoms. The van der Waals surface area contributed by atoms with E-state index in [4.69, 9.17) is 11.1 Å². The number of hydrogen-bond donors (Lipinski definition) is 3. The second-order valence-corrected chi connectivity index (χ2v) is 5.23. The summed E-state index contributed by atoms with van der Waals surface area (Å²) < 4.78 is 0.873. The highest BCUT2D eigenvalue weighted by Gasteiger charge is 2.08. The molecule has 0 atom stereocenters. The Hall–Kier alpha value is -1.34. The number of hydrogen-bond acceptors (Lipinski definition) is 4. The van der Waals surface area contributed by atoms with Crippen molar-refractivity contribution in [2.24, 2.45) is 5.73 Å². The second-order valence-electron chi connectivity index (χ2n) is 3.36. The third-order valence-corrected chi connectivity index (χ3v) is 3.88. The monoisotopic (exact) mass is 311 g/mol. The van der Waals surface area contributed by atoms with Crippen molar-refractivity contribution in [3.8, 4) is 0 Å². The van der Waals surface area contributed by atoms with Crippen LogP contribution in [0, 0.1) is 12.3 Å². The molecule has 2 rings (SSSR count). The van der Waals surface area contributed by atoms with E-state index in [2.05, 4.69) is 31.1 Å². The van der Waals surface area contributed by atoms with Crippen LogP contribution in [0.2, 0.25) is 0 Å². The first-order chi connectivity index (χ1) is 8.06. The minimum atomic E-state index is 0.0518. The molecule has 5 nitrogen and oxygen atoms in total. The minimum Gasteiger partial charge on any atom is -0.384 e. The predicted octanol–water partition coefficient (Wildman–Crippen LogP) is 2.31. The van der Waals surface area contributed by atoms with E-state index in [1.807, 2.05) is 19.1 Å². The van der Waals surface area contributed by atoms with Crippen LogP contribution in [0.15, 0.2) is 32.7 Å². The molecule has 0 aliphatic rings. The highest BCUT2D eigenvalue weighted by molar-refractivity contribution is 9.10. The first-order valence-electron chi connectivity index (χ1n) is 4.77. The highest BCUT2D eigenvalue weighted by atomic mass is 79.9. The molecule has 1 aromatic heterocycles. The van der Waals surface area contributed by atoms with Gasteiger partial charge in [-0.2, -0.15) is 0 Å². The minimum absolute atomic E-state index is 0.0518. The second kappa shape index (κ2) is 4.89. The van der Waals surface area contributed by atoms with Gasteiger partial charge in [0.15, 0.2) is 0 Å². The lowest BCUT2D eigenvalue weighted by Gasteiger charge is -2.03. The van der Waals surface area contributed by atoms with Gasteiger partial charge in [-0.15, -0.1) is 5.10 Å². The van der Waals surface area contributed by atoms with Crippen LogP contribution >= 0.6 is 27.7 Å². The number of H-pyrrole nitrogens is 1. The molecule has 0 fully saturated rings. The Morgan fingerprint density at radius 2 is 2.29 bits per heavy atom. The smallest absolute Gasteiger partial charge is 0.213 e. The van der Waals surface area contributed by atoms with Gasteiger partial charge in [-0.25, -0.2) is 4.98 Å². The Bertz CT molecular complexity index is 566. The van der Waals surface area contributed by atoms with Crippen molar-refractivity contribution in [3.05, 3.63) is 34.1 Å². The van der Waals surface area contributed by atoms with Crippen LogP contribution in [0.3, 0.4) is 0 Å². The molecule has 0 amide bonds. The molecule has 0 unspecified atom stereocenters. The Labute approximate surface area is 111 Å². The van der Waals surface area contributed by atoms with E-state index in [0.29, 0.717) is 10.7 Å². The normalized spacial score (nSPS) is 10.5. The van der Waals surface area contributed by atoms with E-state index in [-0.39, 0.29) is 5.84 Å². The number of nitrogen functional groups attached to an aromatic ring is 1. The summed E-state index contributed by atoms with van der Waals surface area (Å²) in [6.07, 6.45) is 0. The van der Waals surface area contributed by atoms with Gasteiger partial charge in [0.2, 0.25) is 5.16 Å². The zero-order valence-corrected chi connectivity index (χ0v) is 11.4. The average Bonchev–Trinajstić information content (AvgIpc) is 2.67. The van der Waals surface area contributed by atoms with E-state index in [0.717, 1.165) is 15.2 Å². The number of aromatic amines is 1. The fourth-order valence-corrected chi connectivity index (χ4v) is 2.60. The molecule has 0 aliphatic carbocycles. The molecule has 2 aromatic rings. The first kappa shape index (κ1) is 12.1. The maximum absolute atomic E-state index is 7.35. The molecular weight excluding hydrogens is 302 g/mol. The van der Waals surface area contributed by atoms with Gasteiger partial charge >= 0.3 is 0 Å². The number of nitrogens with one attached hydrogen (secondary N) is 2. The van der Waals surface area contributed by atoms with Crippen LogP contribution in [-0.4, -0.2) is 21.0 Å². The first-order valence-corrected chi connectivity index (χ1v) is 6.38. The summed E-state index contributed by atoms with van der Waals surface area (Å²) in [6.45, 7) is 1.85. The molecule has 17 heavy (non-hydrogen) atoms. The molecular formula is C10H10BrN5S. The highest BCUT2D eigenvalue weighted by Crippen LogP contribution is 2.32. The zero-order chi connectivity index (χ0) is 12.4. The lowest BCUT2D eigenvalue weighted by molar-refractivity contribution is 0.969. The third kappa shape index (κ3) is 2.86. The summed E-state index contributed by atoms with van der Waals surface area (Å²) in [5.74, 6) is 0.833. The van der Waals surface area contributed by atoms with Gasteiger partial charge < -0.3 is 5.73 Å². The summed E-state index contributed by atoms with van der Waals surface area (Å²) >= 11 is 4.88. The summed E-state index contributed by atoms with van der Waals surface area (Å²) in [7, 11) is 0. The number of rotatable bonds is 3. The zero-order valence-electron chi connectivity index (χ0n) is 8.99. The van der Waals surface area contributed by atoms with Crippen molar-refractivity contribution in [2.75, 3.05) is 0 Å². The van der Waals surface area contributed by atoms with E-state index in [1.54, 1.807) is 6.07 Å². The van der Waals surface area contributed by atoms with Crippen LogP contribution in [0.25, 0.3) is 0 Å². The summed E-state index contributed by atoms with van der Waals surface area (Å²) in [5, 5.41) is 14.8. The number of aryl methyl sites for hydroxylation is 1. The van der Waals surface area contributed by atoms with Crippen molar-refractivity contribution in [1.82, 2.24) is 15.2 Å². The average molecular weight is 312 g/mol. The van der Waals surface area contributed by atoms with Crippen LogP contribution in [0.4, 0.5) is 0 Å². The maximum atomic E-state index is 7.35. The standard InChI is InChI=1S/C10H10BrN5S/c1-5-14-10(16-15-5)17-8-3-2-6(9(12)13)4-7(8)11/h2-4H,1H3,(H3,12,13)(H,14,15,16). The lowest BCUT2D eigenvalue weighted by atomic mass is 10.2. The SMILES string of the molecule is Cc1nc(Sc2ccc(C(=N)N)cc2Br)n[nH]1. The van der Waals surface area contributed by atoms with E-state index in [9.17, 15) is 0 Å². The van der Waals surface area contributed by atoms with E-state index >= 15 is 0 Å². The molecule has 0 aliphatic heterocycles. The molecule has 0 bridgehead atoms. The fourth-order valence-electron chi connectivity index (χ4n) is 1.22. The van der Waals surface area contributed by atoms with Gasteiger partial charge in [-0.05, 0) is 46.7 Å².